The summed E-state index contributed by atoms with van der Waals surface area (Å²) in [7, 11) is 0. The zero-order valence-corrected chi connectivity index (χ0v) is 51.1. The van der Waals surface area contributed by atoms with E-state index in [9.17, 15) is 14.4 Å². The quantitative estimate of drug-likeness (QED) is 0.0261. The van der Waals surface area contributed by atoms with E-state index in [4.69, 9.17) is 14.2 Å². The maximum atomic E-state index is 12.9. The number of hydrogen-bond acceptors (Lipinski definition) is 6. The predicted molar refractivity (Wildman–Crippen MR) is 326 cm³/mol. The van der Waals surface area contributed by atoms with Gasteiger partial charge in [0.05, 0.1) is 0 Å². The lowest BCUT2D eigenvalue weighted by Crippen LogP contribution is -2.30. The molecule has 0 aromatic carbocycles. The molecule has 444 valence electrons. The van der Waals surface area contributed by atoms with Gasteiger partial charge in [0.1, 0.15) is 13.2 Å². The fraction of sp³-hybridized carbons (Fsp3) is 0.928. The van der Waals surface area contributed by atoms with Crippen LogP contribution in [0.25, 0.3) is 0 Å². The van der Waals surface area contributed by atoms with Crippen molar-refractivity contribution in [1.82, 2.24) is 0 Å². The van der Waals surface area contributed by atoms with Crippen LogP contribution in [0.1, 0.15) is 393 Å². The number of carbonyl (C=O) groups excluding carboxylic acids is 3. The Kier molecular flexibility index (Phi) is 63.1. The third-order valence-corrected chi connectivity index (χ3v) is 15.8. The Balaban J connectivity index is 4.12. The van der Waals surface area contributed by atoms with Gasteiger partial charge in [0.25, 0.3) is 0 Å². The second kappa shape index (κ2) is 64.7. The van der Waals surface area contributed by atoms with Gasteiger partial charge in [0.15, 0.2) is 6.10 Å². The van der Waals surface area contributed by atoms with E-state index in [0.717, 1.165) is 70.6 Å². The number of carbonyl (C=O) groups is 3. The molecule has 75 heavy (non-hydrogen) atoms. The number of hydrogen-bond donors (Lipinski definition) is 0. The first-order valence-electron chi connectivity index (χ1n) is 34.2. The van der Waals surface area contributed by atoms with E-state index in [1.165, 1.54) is 283 Å². The summed E-state index contributed by atoms with van der Waals surface area (Å²) in [4.78, 5) is 38.3. The fourth-order valence-corrected chi connectivity index (χ4v) is 10.6. The summed E-state index contributed by atoms with van der Waals surface area (Å²) in [5.74, 6) is -0.846. The van der Waals surface area contributed by atoms with Gasteiger partial charge in [-0.1, -0.05) is 348 Å². The van der Waals surface area contributed by atoms with Gasteiger partial charge in [-0.25, -0.2) is 0 Å². The van der Waals surface area contributed by atoms with Gasteiger partial charge in [0.2, 0.25) is 0 Å². The minimum absolute atomic E-state index is 0.0661. The summed E-state index contributed by atoms with van der Waals surface area (Å²) in [6, 6.07) is 0. The lowest BCUT2D eigenvalue weighted by molar-refractivity contribution is -0.167. The monoisotopic (exact) mass is 1060 g/mol. The highest BCUT2D eigenvalue weighted by molar-refractivity contribution is 5.71. The summed E-state index contributed by atoms with van der Waals surface area (Å²) in [5.41, 5.74) is 0. The standard InChI is InChI=1S/C69H132O6/c1-4-7-10-13-16-19-22-24-26-28-30-32-33-34-35-36-38-39-41-43-45-47-50-53-56-59-62-68(71)74-65-66(64-73-67(70)61-58-55-52-49-21-18-15-12-9-6-3)75-69(72)63-60-57-54-51-48-46-44-42-40-37-31-29-27-25-23-20-17-14-11-8-5-2/h12,15,66H,4-11,13-14,16-65H2,1-3H3/b15-12-. The van der Waals surface area contributed by atoms with Crippen LogP contribution in [0, 0.1) is 0 Å². The van der Waals surface area contributed by atoms with Crippen molar-refractivity contribution in [3.05, 3.63) is 12.2 Å². The predicted octanol–water partition coefficient (Wildman–Crippen LogP) is 23.2. The molecule has 0 saturated carbocycles. The molecule has 0 rings (SSSR count). The number of allylic oxidation sites excluding steroid dienone is 2. The van der Waals surface area contributed by atoms with Gasteiger partial charge in [-0.05, 0) is 38.5 Å². The van der Waals surface area contributed by atoms with Crippen LogP contribution in [0.5, 0.6) is 0 Å². The Bertz CT molecular complexity index is 1170. The third kappa shape index (κ3) is 62.9. The van der Waals surface area contributed by atoms with E-state index in [-0.39, 0.29) is 31.1 Å². The highest BCUT2D eigenvalue weighted by atomic mass is 16.6. The Morgan fingerprint density at radius 3 is 0.720 bits per heavy atom. The second-order valence-corrected chi connectivity index (χ2v) is 23.5. The average molecular weight is 1060 g/mol. The molecule has 0 N–H and O–H groups in total. The van der Waals surface area contributed by atoms with Crippen LogP contribution in [0.15, 0.2) is 12.2 Å². The molecule has 0 aliphatic rings. The normalized spacial score (nSPS) is 12.0. The lowest BCUT2D eigenvalue weighted by atomic mass is 10.0. The van der Waals surface area contributed by atoms with Crippen molar-refractivity contribution >= 4 is 17.9 Å². The van der Waals surface area contributed by atoms with Crippen LogP contribution in [0.2, 0.25) is 0 Å². The van der Waals surface area contributed by atoms with Crippen molar-refractivity contribution in [3.63, 3.8) is 0 Å². The molecule has 0 heterocycles. The molecule has 0 amide bonds. The van der Waals surface area contributed by atoms with E-state index >= 15 is 0 Å². The summed E-state index contributed by atoms with van der Waals surface area (Å²) in [6.07, 6.45) is 76.8. The average Bonchev–Trinajstić information content (AvgIpc) is 3.41. The van der Waals surface area contributed by atoms with Gasteiger partial charge in [-0.3, -0.25) is 14.4 Å². The summed E-state index contributed by atoms with van der Waals surface area (Å²) in [6.45, 7) is 6.66. The first-order valence-corrected chi connectivity index (χ1v) is 34.2. The summed E-state index contributed by atoms with van der Waals surface area (Å²) >= 11 is 0. The molecule has 0 fully saturated rings. The molecule has 0 aromatic rings. The van der Waals surface area contributed by atoms with Gasteiger partial charge in [-0.15, -0.1) is 0 Å². The lowest BCUT2D eigenvalue weighted by Gasteiger charge is -2.18. The molecule has 0 saturated heterocycles. The van der Waals surface area contributed by atoms with E-state index in [0.29, 0.717) is 19.3 Å². The molecule has 0 aromatic heterocycles. The fourth-order valence-electron chi connectivity index (χ4n) is 10.6. The molecule has 0 spiro atoms. The SMILES string of the molecule is CCC/C=C\CCCCCCCC(=O)OCC(COC(=O)CCCCCCCCCCCCCCCCCCCCCCCCCCCC)OC(=O)CCCCCCCCCCCCCCCCCCCCCCC. The number of rotatable bonds is 64. The van der Waals surface area contributed by atoms with E-state index in [1.54, 1.807) is 0 Å². The molecular formula is C69H132O6. The molecule has 6 nitrogen and oxygen atoms in total. The zero-order valence-electron chi connectivity index (χ0n) is 51.1. The van der Waals surface area contributed by atoms with Crippen molar-refractivity contribution in [1.29, 1.82) is 0 Å². The van der Waals surface area contributed by atoms with E-state index < -0.39 is 6.10 Å². The van der Waals surface area contributed by atoms with Crippen molar-refractivity contribution < 1.29 is 28.6 Å². The molecule has 1 atom stereocenters. The largest absolute Gasteiger partial charge is 0.462 e. The Morgan fingerprint density at radius 2 is 0.467 bits per heavy atom. The van der Waals surface area contributed by atoms with Crippen LogP contribution in [0.3, 0.4) is 0 Å². The van der Waals surface area contributed by atoms with E-state index in [1.807, 2.05) is 0 Å². The number of ether oxygens (including phenoxy) is 3. The first kappa shape index (κ1) is 73.2. The maximum Gasteiger partial charge on any atom is 0.306 e. The van der Waals surface area contributed by atoms with Crippen molar-refractivity contribution in [2.75, 3.05) is 13.2 Å². The third-order valence-electron chi connectivity index (χ3n) is 15.8. The minimum Gasteiger partial charge on any atom is -0.462 e. The first-order chi connectivity index (χ1) is 37.0. The van der Waals surface area contributed by atoms with Gasteiger partial charge in [-0.2, -0.15) is 0 Å². The molecule has 0 radical (unpaired) electrons. The molecule has 1 unspecified atom stereocenters. The molecule has 0 bridgehead atoms. The topological polar surface area (TPSA) is 78.9 Å². The second-order valence-electron chi connectivity index (χ2n) is 23.5. The highest BCUT2D eigenvalue weighted by Gasteiger charge is 2.19. The molecule has 0 aliphatic carbocycles. The summed E-state index contributed by atoms with van der Waals surface area (Å²) in [5, 5.41) is 0. The van der Waals surface area contributed by atoms with E-state index in [2.05, 4.69) is 32.9 Å². The maximum absolute atomic E-state index is 12.9. The molecular weight excluding hydrogens is 925 g/mol. The molecule has 6 heteroatoms. The Hall–Kier alpha value is -1.85. The van der Waals surface area contributed by atoms with Gasteiger partial charge >= 0.3 is 17.9 Å². The number of unbranched alkanes of at least 4 members (excludes halogenated alkanes) is 51. The van der Waals surface area contributed by atoms with Gasteiger partial charge < -0.3 is 14.2 Å². The highest BCUT2D eigenvalue weighted by Crippen LogP contribution is 2.19. The van der Waals surface area contributed by atoms with Gasteiger partial charge in [0, 0.05) is 19.3 Å². The Morgan fingerprint density at radius 1 is 0.253 bits per heavy atom. The van der Waals surface area contributed by atoms with Crippen molar-refractivity contribution in [2.45, 2.75) is 399 Å². The molecule has 0 aliphatic heterocycles. The van der Waals surface area contributed by atoms with Crippen LogP contribution in [-0.2, 0) is 28.6 Å². The summed E-state index contributed by atoms with van der Waals surface area (Å²) < 4.78 is 16.9. The minimum atomic E-state index is -0.769. The van der Waals surface area contributed by atoms with Crippen LogP contribution in [-0.4, -0.2) is 37.2 Å². The van der Waals surface area contributed by atoms with Crippen molar-refractivity contribution in [3.8, 4) is 0 Å². The van der Waals surface area contributed by atoms with Crippen molar-refractivity contribution in [2.24, 2.45) is 0 Å². The Labute approximate surface area is 469 Å². The van der Waals surface area contributed by atoms with Crippen LogP contribution in [0.4, 0.5) is 0 Å². The van der Waals surface area contributed by atoms with Crippen LogP contribution >= 0.6 is 0 Å². The number of esters is 3. The van der Waals surface area contributed by atoms with Crippen LogP contribution < -0.4 is 0 Å². The smallest absolute Gasteiger partial charge is 0.306 e. The zero-order chi connectivity index (χ0) is 54.3.